The fourth-order valence-electron chi connectivity index (χ4n) is 2.50. The highest BCUT2D eigenvalue weighted by Gasteiger charge is 2.19. The van der Waals surface area contributed by atoms with Gasteiger partial charge in [0.15, 0.2) is 10.9 Å². The van der Waals surface area contributed by atoms with Crippen LogP contribution in [0.2, 0.25) is 0 Å². The molecule has 5 heteroatoms. The molecule has 1 aliphatic rings. The average molecular weight is 284 g/mol. The second-order valence-electron chi connectivity index (χ2n) is 4.85. The molecule has 4 nitrogen and oxygen atoms in total. The first kappa shape index (κ1) is 11.7. The third-order valence-corrected chi connectivity index (χ3v) is 4.54. The molecule has 3 aromatic rings. The van der Waals surface area contributed by atoms with E-state index >= 15 is 0 Å². The lowest BCUT2D eigenvalue weighted by atomic mass is 10.2. The first-order valence-electron chi connectivity index (χ1n) is 6.58. The Morgan fingerprint density at radius 1 is 1.30 bits per heavy atom. The molecule has 0 radical (unpaired) electrons. The summed E-state index contributed by atoms with van der Waals surface area (Å²) >= 11 is 1.57. The van der Waals surface area contributed by atoms with Gasteiger partial charge >= 0.3 is 0 Å². The van der Waals surface area contributed by atoms with E-state index in [1.54, 1.807) is 17.4 Å². The van der Waals surface area contributed by atoms with Crippen LogP contribution in [0, 0.1) is 0 Å². The molecule has 1 amide bonds. The first-order chi connectivity index (χ1) is 9.79. The van der Waals surface area contributed by atoms with E-state index in [0.717, 1.165) is 29.5 Å². The van der Waals surface area contributed by atoms with Crippen LogP contribution in [-0.2, 0) is 12.8 Å². The molecule has 2 aromatic heterocycles. The summed E-state index contributed by atoms with van der Waals surface area (Å²) in [6, 6.07) is 9.34. The minimum absolute atomic E-state index is 0.242. The Morgan fingerprint density at radius 2 is 2.20 bits per heavy atom. The van der Waals surface area contributed by atoms with E-state index in [-0.39, 0.29) is 5.91 Å². The van der Waals surface area contributed by atoms with E-state index < -0.39 is 0 Å². The largest absolute Gasteiger partial charge is 0.451 e. The van der Waals surface area contributed by atoms with Gasteiger partial charge in [-0.3, -0.25) is 10.1 Å². The lowest BCUT2D eigenvalue weighted by Crippen LogP contribution is -2.10. The second-order valence-corrected chi connectivity index (χ2v) is 5.93. The number of para-hydroxylation sites is 1. The van der Waals surface area contributed by atoms with Gasteiger partial charge in [0.2, 0.25) is 0 Å². The highest BCUT2D eigenvalue weighted by atomic mass is 32.1. The SMILES string of the molecule is O=C(Nc1nc2c(s1)CCC2)c1cc2ccccc2o1. The van der Waals surface area contributed by atoms with Gasteiger partial charge in [-0.25, -0.2) is 4.98 Å². The number of carbonyl (C=O) groups excluding carboxylic acids is 1. The Hall–Kier alpha value is -2.14. The van der Waals surface area contributed by atoms with Gasteiger partial charge in [0.05, 0.1) is 5.69 Å². The standard InChI is InChI=1S/C15H12N2O2S/c18-14(12-8-9-4-1-2-6-11(9)19-12)17-15-16-10-5-3-7-13(10)20-15/h1-2,4,6,8H,3,5,7H2,(H,16,17,18). The molecule has 4 rings (SSSR count). The van der Waals surface area contributed by atoms with Crippen LogP contribution < -0.4 is 5.32 Å². The quantitative estimate of drug-likeness (QED) is 0.781. The Labute approximate surface area is 119 Å². The van der Waals surface area contributed by atoms with Crippen LogP contribution in [0.25, 0.3) is 11.0 Å². The van der Waals surface area contributed by atoms with E-state index in [4.69, 9.17) is 4.42 Å². The fraction of sp³-hybridized carbons (Fsp3) is 0.200. The molecule has 0 unspecified atom stereocenters. The van der Waals surface area contributed by atoms with Crippen molar-refractivity contribution >= 4 is 33.3 Å². The maximum atomic E-state index is 12.2. The number of aromatic nitrogens is 1. The number of thiazole rings is 1. The van der Waals surface area contributed by atoms with E-state index in [2.05, 4.69) is 10.3 Å². The molecule has 2 heterocycles. The molecule has 1 N–H and O–H groups in total. The first-order valence-corrected chi connectivity index (χ1v) is 7.40. The third-order valence-electron chi connectivity index (χ3n) is 3.47. The van der Waals surface area contributed by atoms with Gasteiger partial charge < -0.3 is 4.42 Å². The number of aryl methyl sites for hydroxylation is 2. The zero-order valence-electron chi connectivity index (χ0n) is 10.7. The number of rotatable bonds is 2. The Morgan fingerprint density at radius 3 is 3.05 bits per heavy atom. The van der Waals surface area contributed by atoms with Gasteiger partial charge in [-0.2, -0.15) is 0 Å². The van der Waals surface area contributed by atoms with Crippen molar-refractivity contribution in [3.8, 4) is 0 Å². The predicted octanol–water partition coefficient (Wildman–Crippen LogP) is 3.63. The summed E-state index contributed by atoms with van der Waals surface area (Å²) in [6.45, 7) is 0. The summed E-state index contributed by atoms with van der Waals surface area (Å²) in [5, 5.41) is 4.42. The molecule has 0 saturated heterocycles. The molecular weight excluding hydrogens is 272 g/mol. The van der Waals surface area contributed by atoms with Gasteiger partial charge in [-0.05, 0) is 31.4 Å². The molecule has 0 atom stereocenters. The van der Waals surface area contributed by atoms with Crippen molar-refractivity contribution in [1.82, 2.24) is 4.98 Å². The lowest BCUT2D eigenvalue weighted by Gasteiger charge is -1.97. The summed E-state index contributed by atoms with van der Waals surface area (Å²) < 4.78 is 5.54. The van der Waals surface area contributed by atoms with E-state index in [9.17, 15) is 4.79 Å². The van der Waals surface area contributed by atoms with Crippen LogP contribution >= 0.6 is 11.3 Å². The maximum absolute atomic E-state index is 12.2. The smallest absolute Gasteiger partial charge is 0.293 e. The zero-order valence-corrected chi connectivity index (χ0v) is 11.5. The van der Waals surface area contributed by atoms with Crippen molar-refractivity contribution in [1.29, 1.82) is 0 Å². The van der Waals surface area contributed by atoms with Crippen molar-refractivity contribution in [3.05, 3.63) is 46.7 Å². The van der Waals surface area contributed by atoms with E-state index in [1.807, 2.05) is 24.3 Å². The molecule has 0 saturated carbocycles. The third kappa shape index (κ3) is 1.91. The van der Waals surface area contributed by atoms with Gasteiger partial charge in [0.25, 0.3) is 5.91 Å². The molecule has 0 spiro atoms. The minimum atomic E-state index is -0.242. The molecule has 20 heavy (non-hydrogen) atoms. The van der Waals surface area contributed by atoms with Crippen molar-refractivity contribution < 1.29 is 9.21 Å². The van der Waals surface area contributed by atoms with Crippen LogP contribution in [0.15, 0.2) is 34.7 Å². The number of hydrogen-bond donors (Lipinski definition) is 1. The number of anilines is 1. The van der Waals surface area contributed by atoms with E-state index in [1.165, 1.54) is 11.3 Å². The van der Waals surface area contributed by atoms with Gasteiger partial charge in [0, 0.05) is 10.3 Å². The van der Waals surface area contributed by atoms with Crippen LogP contribution in [0.3, 0.4) is 0 Å². The second kappa shape index (κ2) is 4.45. The fourth-order valence-corrected chi connectivity index (χ4v) is 3.54. The number of furan rings is 1. The highest BCUT2D eigenvalue weighted by molar-refractivity contribution is 7.15. The summed E-state index contributed by atoms with van der Waals surface area (Å²) in [6.07, 6.45) is 3.27. The number of hydrogen-bond acceptors (Lipinski definition) is 4. The molecule has 1 aliphatic carbocycles. The van der Waals surface area contributed by atoms with Crippen LogP contribution in [0.5, 0.6) is 0 Å². The Kier molecular flexibility index (Phi) is 2.60. The monoisotopic (exact) mass is 284 g/mol. The molecule has 100 valence electrons. The molecule has 1 aromatic carbocycles. The van der Waals surface area contributed by atoms with Gasteiger partial charge in [0.1, 0.15) is 5.58 Å². The molecule has 0 aliphatic heterocycles. The topological polar surface area (TPSA) is 55.1 Å². The number of carbonyl (C=O) groups is 1. The van der Waals surface area contributed by atoms with E-state index in [0.29, 0.717) is 10.9 Å². The molecule has 0 bridgehead atoms. The number of nitrogens with zero attached hydrogens (tertiary/aromatic N) is 1. The summed E-state index contributed by atoms with van der Waals surface area (Å²) in [5.41, 5.74) is 1.86. The molecular formula is C15H12N2O2S. The Bertz CT molecular complexity index is 749. The number of fused-ring (bicyclic) bond motifs is 2. The summed E-state index contributed by atoms with van der Waals surface area (Å²) in [7, 11) is 0. The summed E-state index contributed by atoms with van der Waals surface area (Å²) in [4.78, 5) is 17.9. The van der Waals surface area contributed by atoms with Gasteiger partial charge in [-0.1, -0.05) is 18.2 Å². The average Bonchev–Trinajstić information content (AvgIpc) is 3.10. The van der Waals surface area contributed by atoms with Crippen molar-refractivity contribution in [3.63, 3.8) is 0 Å². The number of nitrogens with one attached hydrogen (secondary N) is 1. The van der Waals surface area contributed by atoms with Crippen molar-refractivity contribution in [2.75, 3.05) is 5.32 Å². The van der Waals surface area contributed by atoms with Crippen molar-refractivity contribution in [2.24, 2.45) is 0 Å². The molecule has 0 fully saturated rings. The number of benzene rings is 1. The highest BCUT2D eigenvalue weighted by Crippen LogP contribution is 2.30. The zero-order chi connectivity index (χ0) is 13.5. The lowest BCUT2D eigenvalue weighted by molar-refractivity contribution is 0.0998. The van der Waals surface area contributed by atoms with Gasteiger partial charge in [-0.15, -0.1) is 11.3 Å². The van der Waals surface area contributed by atoms with Crippen molar-refractivity contribution in [2.45, 2.75) is 19.3 Å². The van der Waals surface area contributed by atoms with Crippen LogP contribution in [0.4, 0.5) is 5.13 Å². The number of amides is 1. The van der Waals surface area contributed by atoms with Crippen LogP contribution in [0.1, 0.15) is 27.5 Å². The Balaban J connectivity index is 1.60. The predicted molar refractivity (Wildman–Crippen MR) is 78.3 cm³/mol. The van der Waals surface area contributed by atoms with Crippen LogP contribution in [-0.4, -0.2) is 10.9 Å². The normalized spacial score (nSPS) is 13.6. The minimum Gasteiger partial charge on any atom is -0.451 e. The maximum Gasteiger partial charge on any atom is 0.293 e. The summed E-state index contributed by atoms with van der Waals surface area (Å²) in [5.74, 6) is 0.0789.